The number of ether oxygens (including phenoxy) is 1. The van der Waals surface area contributed by atoms with Gasteiger partial charge in [0, 0.05) is 14.5 Å². The Kier molecular flexibility index (Phi) is 12.0. The van der Waals surface area contributed by atoms with E-state index in [1.54, 1.807) is 0 Å². The van der Waals surface area contributed by atoms with Crippen LogP contribution in [-0.4, -0.2) is 44.7 Å². The molecule has 2 aliphatic rings. The van der Waals surface area contributed by atoms with Crippen LogP contribution in [0.4, 0.5) is 0 Å². The molecule has 0 N–H and O–H groups in total. The molecule has 2 aliphatic heterocycles. The summed E-state index contributed by atoms with van der Waals surface area (Å²) in [5.74, 6) is 0.833. The minimum absolute atomic E-state index is 0. The van der Waals surface area contributed by atoms with Gasteiger partial charge in [-0.05, 0) is 39.2 Å². The van der Waals surface area contributed by atoms with E-state index in [2.05, 4.69) is 39.5 Å². The number of nitrogens with zero attached hydrogens (tertiary/aromatic N) is 1. The van der Waals surface area contributed by atoms with E-state index in [-0.39, 0.29) is 8.41 Å². The summed E-state index contributed by atoms with van der Waals surface area (Å²) in [6.07, 6.45) is 4.12. The van der Waals surface area contributed by atoms with E-state index in [0.29, 0.717) is 11.6 Å². The van der Waals surface area contributed by atoms with Crippen LogP contribution in [0.15, 0.2) is 0 Å². The van der Waals surface area contributed by atoms with Crippen LogP contribution in [-0.2, 0) is 4.74 Å². The van der Waals surface area contributed by atoms with Gasteiger partial charge in [-0.2, -0.15) is 0 Å². The van der Waals surface area contributed by atoms with Crippen molar-refractivity contribution in [3.05, 3.63) is 0 Å². The lowest BCUT2D eigenvalue weighted by Crippen LogP contribution is -2.65. The molecule has 0 unspecified atom stereocenters. The van der Waals surface area contributed by atoms with E-state index in [9.17, 15) is 0 Å². The van der Waals surface area contributed by atoms with Gasteiger partial charge in [-0.3, -0.25) is 4.90 Å². The van der Waals surface area contributed by atoms with Gasteiger partial charge in [0.15, 0.2) is 0 Å². The van der Waals surface area contributed by atoms with Crippen molar-refractivity contribution >= 4 is 8.41 Å². The van der Waals surface area contributed by atoms with E-state index in [0.717, 1.165) is 19.1 Å². The molecule has 0 aromatic rings. The average molecular weight is 268 g/mol. The van der Waals surface area contributed by atoms with Crippen molar-refractivity contribution in [3.63, 3.8) is 0 Å². The Balaban J connectivity index is 0. The fourth-order valence-electron chi connectivity index (χ4n) is 2.57. The van der Waals surface area contributed by atoms with Crippen molar-refractivity contribution in [2.75, 3.05) is 19.8 Å². The normalized spacial score (nSPS) is 20.7. The minimum atomic E-state index is 0. The Morgan fingerprint density at radius 2 is 1.42 bits per heavy atom. The summed E-state index contributed by atoms with van der Waals surface area (Å²) >= 11 is 0. The molecular formula is C16H35BNO. The number of rotatable bonds is 1. The molecule has 2 heterocycles. The summed E-state index contributed by atoms with van der Waals surface area (Å²) in [4.78, 5) is 2.64. The molecule has 113 valence electrons. The van der Waals surface area contributed by atoms with Crippen LogP contribution in [0, 0.1) is 5.92 Å². The summed E-state index contributed by atoms with van der Waals surface area (Å²) in [7, 11) is 0. The fraction of sp³-hybridized carbons (Fsp3) is 1.00. The number of piperidine rings is 1. The third-order valence-electron chi connectivity index (χ3n) is 3.27. The van der Waals surface area contributed by atoms with Gasteiger partial charge in [-0.1, -0.05) is 41.0 Å². The van der Waals surface area contributed by atoms with Gasteiger partial charge in [0.2, 0.25) is 0 Å². The highest BCUT2D eigenvalue weighted by Crippen LogP contribution is 2.35. The zero-order valence-corrected chi connectivity index (χ0v) is 14.3. The van der Waals surface area contributed by atoms with E-state index in [1.165, 1.54) is 25.8 Å². The first-order valence-electron chi connectivity index (χ1n) is 7.82. The largest absolute Gasteiger partial charge is 0.377 e. The van der Waals surface area contributed by atoms with Gasteiger partial charge in [0.05, 0.1) is 18.8 Å². The van der Waals surface area contributed by atoms with Gasteiger partial charge in [0.25, 0.3) is 0 Å². The van der Waals surface area contributed by atoms with Gasteiger partial charge in [-0.25, -0.2) is 0 Å². The van der Waals surface area contributed by atoms with E-state index >= 15 is 0 Å². The minimum Gasteiger partial charge on any atom is -0.377 e. The molecule has 1 spiro atoms. The van der Waals surface area contributed by atoms with Gasteiger partial charge in [-0.15, -0.1) is 0 Å². The zero-order valence-electron chi connectivity index (χ0n) is 14.3. The van der Waals surface area contributed by atoms with Crippen LogP contribution in [0.3, 0.4) is 0 Å². The Morgan fingerprint density at radius 3 is 1.68 bits per heavy atom. The highest BCUT2D eigenvalue weighted by molar-refractivity contribution is 5.75. The van der Waals surface area contributed by atoms with Crippen LogP contribution in [0.25, 0.3) is 0 Å². The third kappa shape index (κ3) is 6.81. The molecule has 0 aliphatic carbocycles. The highest BCUT2D eigenvalue weighted by atomic mass is 16.5. The summed E-state index contributed by atoms with van der Waals surface area (Å²) in [5.41, 5.74) is 0.451. The second kappa shape index (κ2) is 10.7. The maximum absolute atomic E-state index is 5.35. The maximum Gasteiger partial charge on any atom is 0.0680 e. The van der Waals surface area contributed by atoms with Crippen LogP contribution < -0.4 is 0 Å². The molecule has 2 rings (SSSR count). The Labute approximate surface area is 123 Å². The van der Waals surface area contributed by atoms with E-state index in [4.69, 9.17) is 4.74 Å². The molecule has 0 atom stereocenters. The Hall–Kier alpha value is -0.0151. The lowest BCUT2D eigenvalue weighted by atomic mass is 9.84. The fourth-order valence-corrected chi connectivity index (χ4v) is 2.57. The van der Waals surface area contributed by atoms with Crippen LogP contribution in [0.2, 0.25) is 0 Å². The topological polar surface area (TPSA) is 12.5 Å². The smallest absolute Gasteiger partial charge is 0.0680 e. The molecular weight excluding hydrogens is 233 g/mol. The molecule has 2 fully saturated rings. The van der Waals surface area contributed by atoms with Gasteiger partial charge >= 0.3 is 0 Å². The van der Waals surface area contributed by atoms with E-state index in [1.807, 2.05) is 13.8 Å². The molecule has 0 aromatic heterocycles. The van der Waals surface area contributed by atoms with Crippen molar-refractivity contribution in [3.8, 4) is 0 Å². The predicted molar refractivity (Wildman–Crippen MR) is 86.9 cm³/mol. The van der Waals surface area contributed by atoms with Crippen molar-refractivity contribution in [2.24, 2.45) is 5.92 Å². The average Bonchev–Trinajstić information content (AvgIpc) is 2.28. The standard InChI is InChI=1S/C10H19NO.C4H10.C2H6.B/c1-9(2)11-6-4-3-5-10(11)7-12-8-10;1-4(2)3;1-2;/h9H,3-8H2,1-2H3;4H,1-3H3;1-2H3;. The molecule has 0 aromatic carbocycles. The molecule has 0 amide bonds. The SMILES string of the molecule is CC.CC(C)C.CC(C)N1CCCCC12COC2.[B]. The number of likely N-dealkylation sites (tertiary alicyclic amines) is 1. The van der Waals surface area contributed by atoms with Crippen LogP contribution >= 0.6 is 0 Å². The van der Waals surface area contributed by atoms with Crippen LogP contribution in [0.5, 0.6) is 0 Å². The lowest BCUT2D eigenvalue weighted by molar-refractivity contribution is -0.165. The molecule has 2 nitrogen and oxygen atoms in total. The van der Waals surface area contributed by atoms with Crippen molar-refractivity contribution in [1.29, 1.82) is 0 Å². The first kappa shape index (κ1) is 21.3. The molecule has 2 saturated heterocycles. The van der Waals surface area contributed by atoms with Gasteiger partial charge < -0.3 is 4.74 Å². The Morgan fingerprint density at radius 1 is 0.947 bits per heavy atom. The predicted octanol–water partition coefficient (Wildman–Crippen LogP) is 3.96. The second-order valence-corrected chi connectivity index (χ2v) is 6.19. The number of hydrogen-bond acceptors (Lipinski definition) is 2. The van der Waals surface area contributed by atoms with Crippen molar-refractivity contribution in [2.45, 2.75) is 79.3 Å². The quantitative estimate of drug-likeness (QED) is 0.667. The second-order valence-electron chi connectivity index (χ2n) is 6.19. The summed E-state index contributed by atoms with van der Waals surface area (Å²) < 4.78 is 5.35. The van der Waals surface area contributed by atoms with Gasteiger partial charge in [0.1, 0.15) is 0 Å². The summed E-state index contributed by atoms with van der Waals surface area (Å²) in [5, 5.41) is 0. The molecule has 0 saturated carbocycles. The first-order chi connectivity index (χ1) is 8.48. The maximum atomic E-state index is 5.35. The monoisotopic (exact) mass is 268 g/mol. The zero-order chi connectivity index (χ0) is 14.2. The molecule has 0 bridgehead atoms. The molecule has 19 heavy (non-hydrogen) atoms. The highest BCUT2D eigenvalue weighted by Gasteiger charge is 2.45. The van der Waals surface area contributed by atoms with E-state index < -0.39 is 0 Å². The Bertz CT molecular complexity index is 200. The summed E-state index contributed by atoms with van der Waals surface area (Å²) in [6, 6.07) is 0.689. The van der Waals surface area contributed by atoms with Crippen LogP contribution in [0.1, 0.15) is 67.7 Å². The van der Waals surface area contributed by atoms with Crippen molar-refractivity contribution in [1.82, 2.24) is 4.90 Å². The number of hydrogen-bond donors (Lipinski definition) is 0. The van der Waals surface area contributed by atoms with Crippen molar-refractivity contribution < 1.29 is 4.74 Å². The summed E-state index contributed by atoms with van der Waals surface area (Å²) in [6.45, 7) is 18.3. The third-order valence-corrected chi connectivity index (χ3v) is 3.27. The lowest BCUT2D eigenvalue weighted by Gasteiger charge is -2.54. The molecule has 3 radical (unpaired) electrons. The molecule has 3 heteroatoms. The first-order valence-corrected chi connectivity index (χ1v) is 7.82.